The number of H-pyrrole nitrogens is 1. The highest BCUT2D eigenvalue weighted by Crippen LogP contribution is 2.24. The maximum absolute atomic E-state index is 13.9. The van der Waals surface area contributed by atoms with Gasteiger partial charge in [-0.15, -0.1) is 0 Å². The van der Waals surface area contributed by atoms with Gasteiger partial charge in [-0.25, -0.2) is 4.39 Å². The molecule has 1 aromatic carbocycles. The molecule has 2 atom stereocenters. The average molecular weight is 338 g/mol. The number of carbonyl (C=O) groups excluding carboxylic acids is 1. The van der Waals surface area contributed by atoms with Crippen LogP contribution in [0.2, 0.25) is 5.02 Å². The summed E-state index contributed by atoms with van der Waals surface area (Å²) < 4.78 is 13.9. The average Bonchev–Trinajstić information content (AvgIpc) is 3.05. The summed E-state index contributed by atoms with van der Waals surface area (Å²) in [5, 5.41) is 17.4. The number of nitrogens with one attached hydrogen (secondary N) is 1. The number of hydrogen-bond acceptors (Lipinski definition) is 3. The number of aliphatic hydroxyl groups excluding tert-OH is 1. The Kier molecular flexibility index (Phi) is 4.37. The number of hydrogen-bond donors (Lipinski definition) is 2. The minimum absolute atomic E-state index is 0.0298. The van der Waals surface area contributed by atoms with Crippen LogP contribution in [-0.4, -0.2) is 45.3 Å². The second-order valence-electron chi connectivity index (χ2n) is 5.91. The van der Waals surface area contributed by atoms with Crippen LogP contribution in [0.1, 0.15) is 21.7 Å². The third-order valence-electron chi connectivity index (χ3n) is 4.09. The second-order valence-corrected chi connectivity index (χ2v) is 6.34. The van der Waals surface area contributed by atoms with Crippen LogP contribution in [-0.2, 0) is 6.42 Å². The fraction of sp³-hybridized carbons (Fsp3) is 0.375. The van der Waals surface area contributed by atoms with E-state index in [0.717, 1.165) is 17.5 Å². The van der Waals surface area contributed by atoms with Crippen molar-refractivity contribution in [2.75, 3.05) is 13.1 Å². The Labute approximate surface area is 138 Å². The van der Waals surface area contributed by atoms with E-state index in [9.17, 15) is 14.3 Å². The molecule has 2 N–H and O–H groups in total. The van der Waals surface area contributed by atoms with Gasteiger partial charge in [-0.2, -0.15) is 5.10 Å². The molecule has 1 aliphatic rings. The molecule has 0 saturated carbocycles. The number of halogens is 2. The molecule has 23 heavy (non-hydrogen) atoms. The van der Waals surface area contributed by atoms with Crippen molar-refractivity contribution in [3.05, 3.63) is 52.1 Å². The van der Waals surface area contributed by atoms with E-state index in [2.05, 4.69) is 10.2 Å². The minimum Gasteiger partial charge on any atom is -0.391 e. The van der Waals surface area contributed by atoms with Crippen molar-refractivity contribution in [1.82, 2.24) is 15.1 Å². The number of nitrogens with zero attached hydrogens (tertiary/aromatic N) is 2. The van der Waals surface area contributed by atoms with Crippen molar-refractivity contribution in [2.24, 2.45) is 5.92 Å². The first kappa shape index (κ1) is 16.0. The SMILES string of the molecule is Cc1cc(C[C@@H]2CN(C(=O)c3ccc(Cl)cc3F)C[C@H]2O)n[nH]1. The van der Waals surface area contributed by atoms with E-state index in [1.165, 1.54) is 17.0 Å². The van der Waals surface area contributed by atoms with Crippen LogP contribution in [0.4, 0.5) is 4.39 Å². The molecule has 0 spiro atoms. The van der Waals surface area contributed by atoms with Crippen molar-refractivity contribution in [1.29, 1.82) is 0 Å². The van der Waals surface area contributed by atoms with E-state index in [0.29, 0.717) is 13.0 Å². The molecule has 0 unspecified atom stereocenters. The first-order valence-corrected chi connectivity index (χ1v) is 7.75. The van der Waals surface area contributed by atoms with Gasteiger partial charge in [0.25, 0.3) is 5.91 Å². The Balaban J connectivity index is 1.71. The molecule has 1 saturated heterocycles. The molecule has 1 fully saturated rings. The fourth-order valence-electron chi connectivity index (χ4n) is 2.90. The third-order valence-corrected chi connectivity index (χ3v) is 4.32. The Bertz CT molecular complexity index is 734. The Morgan fingerprint density at radius 3 is 2.91 bits per heavy atom. The molecule has 0 bridgehead atoms. The molecule has 1 aromatic heterocycles. The number of aryl methyl sites for hydroxylation is 1. The predicted molar refractivity (Wildman–Crippen MR) is 83.8 cm³/mol. The summed E-state index contributed by atoms with van der Waals surface area (Å²) in [5.41, 5.74) is 1.76. The molecule has 1 aliphatic heterocycles. The molecule has 2 heterocycles. The summed E-state index contributed by atoms with van der Waals surface area (Å²) in [6, 6.07) is 5.88. The summed E-state index contributed by atoms with van der Waals surface area (Å²) in [6.45, 7) is 2.46. The van der Waals surface area contributed by atoms with E-state index in [4.69, 9.17) is 11.6 Å². The topological polar surface area (TPSA) is 69.2 Å². The summed E-state index contributed by atoms with van der Waals surface area (Å²) in [6.07, 6.45) is -0.0791. The molecule has 0 aliphatic carbocycles. The fourth-order valence-corrected chi connectivity index (χ4v) is 3.06. The standard InChI is InChI=1S/C16H17ClFN3O2/c1-9-4-12(20-19-9)5-10-7-21(8-15(10)22)16(23)13-3-2-11(17)6-14(13)18/h2-4,6,10,15,22H,5,7-8H2,1H3,(H,19,20)/t10-,15-/m1/s1. The van der Waals surface area contributed by atoms with E-state index in [1.54, 1.807) is 0 Å². The summed E-state index contributed by atoms with van der Waals surface area (Å²) in [7, 11) is 0. The number of aromatic nitrogens is 2. The van der Waals surface area contributed by atoms with Crippen LogP contribution >= 0.6 is 11.6 Å². The predicted octanol–water partition coefficient (Wildman–Crippen LogP) is 2.19. The van der Waals surface area contributed by atoms with Crippen LogP contribution < -0.4 is 0 Å². The normalized spacial score (nSPS) is 21.0. The number of rotatable bonds is 3. The van der Waals surface area contributed by atoms with Gasteiger partial charge in [0.2, 0.25) is 0 Å². The van der Waals surface area contributed by atoms with Gasteiger partial charge < -0.3 is 10.0 Å². The summed E-state index contributed by atoms with van der Waals surface area (Å²) in [4.78, 5) is 13.9. The largest absolute Gasteiger partial charge is 0.391 e. The van der Waals surface area contributed by atoms with E-state index in [1.807, 2.05) is 13.0 Å². The first-order valence-electron chi connectivity index (χ1n) is 7.37. The van der Waals surface area contributed by atoms with Gasteiger partial charge in [-0.1, -0.05) is 11.6 Å². The maximum atomic E-state index is 13.9. The van der Waals surface area contributed by atoms with E-state index in [-0.39, 0.29) is 23.0 Å². The molecular weight excluding hydrogens is 321 g/mol. The number of aliphatic hydroxyl groups is 1. The Morgan fingerprint density at radius 2 is 2.26 bits per heavy atom. The van der Waals surface area contributed by atoms with Crippen molar-refractivity contribution < 1.29 is 14.3 Å². The van der Waals surface area contributed by atoms with Gasteiger partial charge in [-0.3, -0.25) is 9.89 Å². The second kappa shape index (κ2) is 6.29. The zero-order valence-electron chi connectivity index (χ0n) is 12.6. The highest BCUT2D eigenvalue weighted by Gasteiger charge is 2.35. The molecule has 5 nitrogen and oxygen atoms in total. The smallest absolute Gasteiger partial charge is 0.256 e. The molecule has 2 aromatic rings. The van der Waals surface area contributed by atoms with Crippen molar-refractivity contribution in [3.8, 4) is 0 Å². The monoisotopic (exact) mass is 337 g/mol. The molecule has 1 amide bonds. The van der Waals surface area contributed by atoms with Crippen molar-refractivity contribution >= 4 is 17.5 Å². The molecule has 7 heteroatoms. The van der Waals surface area contributed by atoms with Gasteiger partial charge in [-0.05, 0) is 37.6 Å². The highest BCUT2D eigenvalue weighted by molar-refractivity contribution is 6.30. The van der Waals surface area contributed by atoms with Gasteiger partial charge in [0.15, 0.2) is 0 Å². The van der Waals surface area contributed by atoms with Gasteiger partial charge in [0.1, 0.15) is 5.82 Å². The van der Waals surface area contributed by atoms with Crippen LogP contribution in [0.15, 0.2) is 24.3 Å². The first-order chi connectivity index (χ1) is 10.9. The molecular formula is C16H17ClFN3O2. The maximum Gasteiger partial charge on any atom is 0.256 e. The highest BCUT2D eigenvalue weighted by atomic mass is 35.5. The molecule has 122 valence electrons. The van der Waals surface area contributed by atoms with E-state index >= 15 is 0 Å². The van der Waals surface area contributed by atoms with Crippen LogP contribution in [0.3, 0.4) is 0 Å². The summed E-state index contributed by atoms with van der Waals surface area (Å²) >= 11 is 5.71. The number of amides is 1. The number of β-amino-alcohol motifs (C(OH)–C–C–N with tert-alkyl or cyclic N) is 1. The molecule has 0 radical (unpaired) electrons. The number of aromatic amines is 1. The van der Waals surface area contributed by atoms with Crippen LogP contribution in [0.5, 0.6) is 0 Å². The Morgan fingerprint density at radius 1 is 1.48 bits per heavy atom. The van der Waals surface area contributed by atoms with Gasteiger partial charge in [0, 0.05) is 29.7 Å². The number of likely N-dealkylation sites (tertiary alicyclic amines) is 1. The number of carbonyl (C=O) groups is 1. The lowest BCUT2D eigenvalue weighted by molar-refractivity contribution is 0.0760. The van der Waals surface area contributed by atoms with Crippen LogP contribution in [0, 0.1) is 18.7 Å². The van der Waals surface area contributed by atoms with Crippen molar-refractivity contribution in [3.63, 3.8) is 0 Å². The third kappa shape index (κ3) is 3.38. The molecule has 3 rings (SSSR count). The Hall–Kier alpha value is -1.92. The van der Waals surface area contributed by atoms with Gasteiger partial charge in [0.05, 0.1) is 17.4 Å². The van der Waals surface area contributed by atoms with E-state index < -0.39 is 17.8 Å². The zero-order chi connectivity index (χ0) is 16.6. The quantitative estimate of drug-likeness (QED) is 0.902. The van der Waals surface area contributed by atoms with Crippen LogP contribution in [0.25, 0.3) is 0 Å². The van der Waals surface area contributed by atoms with Crippen molar-refractivity contribution in [2.45, 2.75) is 19.4 Å². The lowest BCUT2D eigenvalue weighted by atomic mass is 10.0. The lowest BCUT2D eigenvalue weighted by Gasteiger charge is -2.16. The zero-order valence-corrected chi connectivity index (χ0v) is 13.3. The summed E-state index contributed by atoms with van der Waals surface area (Å²) in [5.74, 6) is -1.20. The van der Waals surface area contributed by atoms with Gasteiger partial charge >= 0.3 is 0 Å². The number of benzene rings is 1. The minimum atomic E-state index is -0.650. The lowest BCUT2D eigenvalue weighted by Crippen LogP contribution is -2.30.